The normalized spacial score (nSPS) is 14.0. The minimum absolute atomic E-state index is 0.100. The monoisotopic (exact) mass is 320 g/mol. The third-order valence-corrected chi connectivity index (χ3v) is 5.03. The third kappa shape index (κ3) is 3.07. The highest BCUT2D eigenvalue weighted by Crippen LogP contribution is 2.16. The molecule has 0 aliphatic heterocycles. The second-order valence-electron chi connectivity index (χ2n) is 5.12. The summed E-state index contributed by atoms with van der Waals surface area (Å²) < 4.78 is 27.8. The van der Waals surface area contributed by atoms with Gasteiger partial charge in [0.25, 0.3) is 5.56 Å². The van der Waals surface area contributed by atoms with Crippen molar-refractivity contribution in [2.45, 2.75) is 30.7 Å². The second-order valence-corrected chi connectivity index (χ2v) is 6.88. The number of nitrogens with one attached hydrogen (secondary N) is 1. The summed E-state index contributed by atoms with van der Waals surface area (Å²) in [5.74, 6) is 0. The number of pyridine rings is 1. The molecule has 8 heteroatoms. The van der Waals surface area contributed by atoms with E-state index in [4.69, 9.17) is 0 Å². The molecule has 7 nitrogen and oxygen atoms in total. The van der Waals surface area contributed by atoms with Crippen molar-refractivity contribution in [3.63, 3.8) is 0 Å². The molecular formula is C14H16N4O3S. The predicted octanol–water partition coefficient (Wildman–Crippen LogP) is 0.105. The number of fused-ring (bicyclic) bond motifs is 1. The SMILES string of the molecule is O=c1cc2c(nn1CCNS(=O)(=O)c1cccnc1)CCC2. The van der Waals surface area contributed by atoms with Gasteiger partial charge in [-0.05, 0) is 37.0 Å². The molecule has 0 fully saturated rings. The van der Waals surface area contributed by atoms with Crippen LogP contribution in [0.4, 0.5) is 0 Å². The van der Waals surface area contributed by atoms with Crippen molar-refractivity contribution >= 4 is 10.0 Å². The Bertz CT molecular complexity index is 831. The highest BCUT2D eigenvalue weighted by molar-refractivity contribution is 7.89. The lowest BCUT2D eigenvalue weighted by Crippen LogP contribution is -2.32. The molecule has 0 atom stereocenters. The molecule has 0 unspecified atom stereocenters. The van der Waals surface area contributed by atoms with Crippen LogP contribution < -0.4 is 10.3 Å². The maximum absolute atomic E-state index is 12.0. The molecule has 1 aliphatic rings. The van der Waals surface area contributed by atoms with Crippen LogP contribution in [0.2, 0.25) is 0 Å². The molecule has 2 heterocycles. The topological polar surface area (TPSA) is 94.0 Å². The van der Waals surface area contributed by atoms with Crippen LogP contribution >= 0.6 is 0 Å². The highest BCUT2D eigenvalue weighted by atomic mass is 32.2. The molecule has 0 bridgehead atoms. The molecule has 0 amide bonds. The van der Waals surface area contributed by atoms with Crippen molar-refractivity contribution in [2.75, 3.05) is 6.54 Å². The van der Waals surface area contributed by atoms with Crippen molar-refractivity contribution < 1.29 is 8.42 Å². The lowest BCUT2D eigenvalue weighted by atomic mass is 10.2. The fraction of sp³-hybridized carbons (Fsp3) is 0.357. The van der Waals surface area contributed by atoms with E-state index in [9.17, 15) is 13.2 Å². The third-order valence-electron chi connectivity index (χ3n) is 3.58. The minimum atomic E-state index is -3.61. The lowest BCUT2D eigenvalue weighted by molar-refractivity contribution is 0.541. The van der Waals surface area contributed by atoms with E-state index in [2.05, 4.69) is 14.8 Å². The maximum atomic E-state index is 12.0. The minimum Gasteiger partial charge on any atom is -0.268 e. The number of aryl methyl sites for hydroxylation is 2. The van der Waals surface area contributed by atoms with Gasteiger partial charge in [0.2, 0.25) is 10.0 Å². The van der Waals surface area contributed by atoms with Gasteiger partial charge in [0, 0.05) is 25.0 Å². The smallest absolute Gasteiger partial charge is 0.267 e. The zero-order chi connectivity index (χ0) is 15.6. The molecule has 22 heavy (non-hydrogen) atoms. The molecule has 0 saturated heterocycles. The number of hydrogen-bond acceptors (Lipinski definition) is 5. The Labute approximate surface area is 128 Å². The van der Waals surface area contributed by atoms with E-state index in [0.717, 1.165) is 30.5 Å². The standard InChI is InChI=1S/C14H16N4O3S/c19-14-9-11-3-1-5-13(11)17-18(14)8-7-16-22(20,21)12-4-2-6-15-10-12/h2,4,6,9-10,16H,1,3,5,7-8H2. The Morgan fingerprint density at radius 2 is 2.18 bits per heavy atom. The van der Waals surface area contributed by atoms with Crippen LogP contribution in [0.15, 0.2) is 40.3 Å². The summed E-state index contributed by atoms with van der Waals surface area (Å²) in [7, 11) is -3.61. The van der Waals surface area contributed by atoms with Crippen LogP contribution in [0.25, 0.3) is 0 Å². The van der Waals surface area contributed by atoms with Crippen LogP contribution in [0.3, 0.4) is 0 Å². The molecule has 3 rings (SSSR count). The van der Waals surface area contributed by atoms with E-state index in [1.165, 1.54) is 23.1 Å². The lowest BCUT2D eigenvalue weighted by Gasteiger charge is -2.08. The molecule has 1 aliphatic carbocycles. The van der Waals surface area contributed by atoms with E-state index >= 15 is 0 Å². The summed E-state index contributed by atoms with van der Waals surface area (Å²) >= 11 is 0. The average Bonchev–Trinajstić information content (AvgIpc) is 2.95. The second kappa shape index (κ2) is 5.98. The van der Waals surface area contributed by atoms with Crippen LogP contribution in [0, 0.1) is 0 Å². The Kier molecular flexibility index (Phi) is 4.04. The molecule has 0 spiro atoms. The van der Waals surface area contributed by atoms with Gasteiger partial charge in [-0.2, -0.15) is 5.10 Å². The van der Waals surface area contributed by atoms with Crippen molar-refractivity contribution in [1.29, 1.82) is 0 Å². The van der Waals surface area contributed by atoms with Crippen LogP contribution in [0.1, 0.15) is 17.7 Å². The van der Waals surface area contributed by atoms with Crippen molar-refractivity contribution in [3.8, 4) is 0 Å². The first-order valence-electron chi connectivity index (χ1n) is 7.06. The maximum Gasteiger partial charge on any atom is 0.267 e. The Morgan fingerprint density at radius 3 is 2.95 bits per heavy atom. The van der Waals surface area contributed by atoms with E-state index in [1.54, 1.807) is 12.1 Å². The molecule has 116 valence electrons. The number of sulfonamides is 1. The Morgan fingerprint density at radius 1 is 1.32 bits per heavy atom. The molecule has 0 radical (unpaired) electrons. The van der Waals surface area contributed by atoms with Crippen molar-refractivity contribution in [2.24, 2.45) is 0 Å². The quantitative estimate of drug-likeness (QED) is 0.843. The Hall–Kier alpha value is -2.06. The molecule has 0 aromatic carbocycles. The largest absolute Gasteiger partial charge is 0.268 e. The van der Waals surface area contributed by atoms with Gasteiger partial charge in [-0.15, -0.1) is 0 Å². The number of nitrogens with zero attached hydrogens (tertiary/aromatic N) is 3. The van der Waals surface area contributed by atoms with Crippen molar-refractivity contribution in [1.82, 2.24) is 19.5 Å². The zero-order valence-electron chi connectivity index (χ0n) is 11.9. The first kappa shape index (κ1) is 14.9. The summed E-state index contributed by atoms with van der Waals surface area (Å²) in [5.41, 5.74) is 1.76. The van der Waals surface area contributed by atoms with Gasteiger partial charge < -0.3 is 0 Å². The number of rotatable bonds is 5. The van der Waals surface area contributed by atoms with Gasteiger partial charge in [-0.1, -0.05) is 0 Å². The molecule has 2 aromatic rings. The van der Waals surface area contributed by atoms with Gasteiger partial charge in [0.15, 0.2) is 0 Å². The molecular weight excluding hydrogens is 304 g/mol. The van der Waals surface area contributed by atoms with Gasteiger partial charge in [0.1, 0.15) is 4.90 Å². The van der Waals surface area contributed by atoms with Crippen molar-refractivity contribution in [3.05, 3.63) is 52.2 Å². The molecule has 1 N–H and O–H groups in total. The van der Waals surface area contributed by atoms with Crippen LogP contribution in [0.5, 0.6) is 0 Å². The summed E-state index contributed by atoms with van der Waals surface area (Å²) in [6, 6.07) is 4.63. The summed E-state index contributed by atoms with van der Waals surface area (Å²) in [4.78, 5) is 15.8. The van der Waals surface area contributed by atoms with Gasteiger partial charge in [-0.3, -0.25) is 9.78 Å². The van der Waals surface area contributed by atoms with Gasteiger partial charge >= 0.3 is 0 Å². The van der Waals surface area contributed by atoms with Crippen LogP contribution in [-0.2, 0) is 29.4 Å². The molecule has 2 aromatic heterocycles. The first-order valence-corrected chi connectivity index (χ1v) is 8.54. The summed E-state index contributed by atoms with van der Waals surface area (Å²) in [6.07, 6.45) is 5.57. The molecule has 0 saturated carbocycles. The number of hydrogen-bond donors (Lipinski definition) is 1. The van der Waals surface area contributed by atoms with E-state index in [0.29, 0.717) is 0 Å². The fourth-order valence-corrected chi connectivity index (χ4v) is 3.46. The average molecular weight is 320 g/mol. The van der Waals surface area contributed by atoms with E-state index in [-0.39, 0.29) is 23.5 Å². The highest BCUT2D eigenvalue weighted by Gasteiger charge is 2.16. The summed E-state index contributed by atoms with van der Waals surface area (Å²) in [6.45, 7) is 0.300. The van der Waals surface area contributed by atoms with E-state index < -0.39 is 10.0 Å². The summed E-state index contributed by atoms with van der Waals surface area (Å²) in [5, 5.41) is 4.30. The van der Waals surface area contributed by atoms with Gasteiger partial charge in [-0.25, -0.2) is 17.8 Å². The zero-order valence-corrected chi connectivity index (χ0v) is 12.7. The van der Waals surface area contributed by atoms with E-state index in [1.807, 2.05) is 0 Å². The fourth-order valence-electron chi connectivity index (χ4n) is 2.47. The van der Waals surface area contributed by atoms with Gasteiger partial charge in [0.05, 0.1) is 12.2 Å². The number of aromatic nitrogens is 3. The predicted molar refractivity (Wildman–Crippen MR) is 79.9 cm³/mol. The van der Waals surface area contributed by atoms with Crippen LogP contribution in [-0.4, -0.2) is 29.7 Å². The Balaban J connectivity index is 1.68. The first-order chi connectivity index (χ1) is 10.6.